The summed E-state index contributed by atoms with van der Waals surface area (Å²) in [5.41, 5.74) is 5.47. The van der Waals surface area contributed by atoms with E-state index in [1.165, 1.54) is 19.3 Å². The van der Waals surface area contributed by atoms with E-state index in [1.807, 2.05) is 0 Å². The van der Waals surface area contributed by atoms with Gasteiger partial charge in [-0.3, -0.25) is 15.3 Å². The van der Waals surface area contributed by atoms with E-state index in [4.69, 9.17) is 15.2 Å². The van der Waals surface area contributed by atoms with Crippen molar-refractivity contribution in [1.82, 2.24) is 0 Å². The third kappa shape index (κ3) is 3.59. The standard InChI is InChI=1S/C18H29NO5/c1-2-23-15(21)4-3-14(20)16(19)24-17(22)18-8-11-5-12(9-18)7-13(6-11)10-18/h11-14,16,20H,2-10,19H2,1H3/t11?,12?,13?,14-,16?,18?/m0/s1. The average Bonchev–Trinajstić information content (AvgIpc) is 2.51. The van der Waals surface area contributed by atoms with Gasteiger partial charge in [0.05, 0.1) is 12.0 Å². The average molecular weight is 339 g/mol. The number of carbonyl (C=O) groups is 2. The van der Waals surface area contributed by atoms with Crippen molar-refractivity contribution in [3.05, 3.63) is 0 Å². The number of hydrogen-bond donors (Lipinski definition) is 2. The topological polar surface area (TPSA) is 98.8 Å². The number of aliphatic hydroxyl groups excluding tert-OH is 1. The first-order chi connectivity index (χ1) is 11.4. The molecule has 24 heavy (non-hydrogen) atoms. The number of aliphatic hydroxyl groups is 1. The molecule has 4 aliphatic carbocycles. The Morgan fingerprint density at radius 2 is 1.71 bits per heavy atom. The lowest BCUT2D eigenvalue weighted by Crippen LogP contribution is -2.52. The molecule has 4 saturated carbocycles. The molecule has 4 bridgehead atoms. The van der Waals surface area contributed by atoms with Crippen LogP contribution in [-0.4, -0.2) is 36.0 Å². The quantitative estimate of drug-likeness (QED) is 0.541. The van der Waals surface area contributed by atoms with Crippen molar-refractivity contribution < 1.29 is 24.2 Å². The van der Waals surface area contributed by atoms with Crippen LogP contribution in [0.5, 0.6) is 0 Å². The number of esters is 2. The molecule has 0 saturated heterocycles. The molecule has 0 heterocycles. The van der Waals surface area contributed by atoms with Crippen LogP contribution < -0.4 is 5.73 Å². The van der Waals surface area contributed by atoms with Gasteiger partial charge in [-0.25, -0.2) is 0 Å². The third-order valence-electron chi connectivity index (χ3n) is 6.04. The summed E-state index contributed by atoms with van der Waals surface area (Å²) in [6.45, 7) is 2.04. The highest BCUT2D eigenvalue weighted by Crippen LogP contribution is 2.60. The fourth-order valence-electron chi connectivity index (χ4n) is 5.35. The zero-order chi connectivity index (χ0) is 17.3. The van der Waals surface area contributed by atoms with Crippen molar-refractivity contribution in [3.8, 4) is 0 Å². The molecule has 136 valence electrons. The molecule has 0 spiro atoms. The van der Waals surface area contributed by atoms with Gasteiger partial charge in [-0.15, -0.1) is 0 Å². The smallest absolute Gasteiger partial charge is 0.313 e. The highest BCUT2D eigenvalue weighted by molar-refractivity contribution is 5.77. The Hall–Kier alpha value is -1.14. The van der Waals surface area contributed by atoms with Gasteiger partial charge in [0.15, 0.2) is 6.23 Å². The van der Waals surface area contributed by atoms with Crippen LogP contribution in [-0.2, 0) is 19.1 Å². The van der Waals surface area contributed by atoms with Gasteiger partial charge in [0, 0.05) is 6.42 Å². The maximum absolute atomic E-state index is 12.7. The minimum Gasteiger partial charge on any atom is -0.466 e. The van der Waals surface area contributed by atoms with Crippen molar-refractivity contribution in [1.29, 1.82) is 0 Å². The van der Waals surface area contributed by atoms with Crippen LogP contribution >= 0.6 is 0 Å². The summed E-state index contributed by atoms with van der Waals surface area (Å²) in [6, 6.07) is 0. The Morgan fingerprint density at radius 1 is 1.17 bits per heavy atom. The van der Waals surface area contributed by atoms with Gasteiger partial charge < -0.3 is 14.6 Å². The van der Waals surface area contributed by atoms with Crippen LogP contribution in [0.25, 0.3) is 0 Å². The van der Waals surface area contributed by atoms with E-state index in [-0.39, 0.29) is 30.2 Å². The fourth-order valence-corrected chi connectivity index (χ4v) is 5.35. The molecule has 0 aromatic carbocycles. The number of ether oxygens (including phenoxy) is 2. The molecule has 4 rings (SSSR count). The Labute approximate surface area is 143 Å². The summed E-state index contributed by atoms with van der Waals surface area (Å²) in [6.07, 6.45) is 4.54. The van der Waals surface area contributed by atoms with Crippen molar-refractivity contribution in [2.45, 2.75) is 70.6 Å². The van der Waals surface area contributed by atoms with Crippen LogP contribution in [0.15, 0.2) is 0 Å². The van der Waals surface area contributed by atoms with Crippen LogP contribution in [0.3, 0.4) is 0 Å². The highest BCUT2D eigenvalue weighted by atomic mass is 16.6. The van der Waals surface area contributed by atoms with Crippen LogP contribution in [0.1, 0.15) is 58.3 Å². The van der Waals surface area contributed by atoms with Crippen LogP contribution in [0.2, 0.25) is 0 Å². The maximum atomic E-state index is 12.7. The zero-order valence-corrected chi connectivity index (χ0v) is 14.4. The first kappa shape index (κ1) is 17.7. The summed E-state index contributed by atoms with van der Waals surface area (Å²) < 4.78 is 10.2. The monoisotopic (exact) mass is 339 g/mol. The number of nitrogens with two attached hydrogens (primary N) is 1. The van der Waals surface area contributed by atoms with E-state index < -0.39 is 12.3 Å². The molecule has 0 amide bonds. The van der Waals surface area contributed by atoms with E-state index >= 15 is 0 Å². The molecule has 3 N–H and O–H groups in total. The minimum absolute atomic E-state index is 0.0671. The lowest BCUT2D eigenvalue weighted by atomic mass is 9.49. The second kappa shape index (κ2) is 7.00. The Kier molecular flexibility index (Phi) is 5.16. The summed E-state index contributed by atoms with van der Waals surface area (Å²) in [5, 5.41) is 10.1. The van der Waals surface area contributed by atoms with Gasteiger partial charge in [0.1, 0.15) is 6.10 Å². The van der Waals surface area contributed by atoms with Gasteiger partial charge in [-0.05, 0) is 69.6 Å². The zero-order valence-electron chi connectivity index (χ0n) is 14.4. The molecule has 4 aliphatic rings. The van der Waals surface area contributed by atoms with E-state index in [9.17, 15) is 14.7 Å². The largest absolute Gasteiger partial charge is 0.466 e. The first-order valence-electron chi connectivity index (χ1n) is 9.22. The van der Waals surface area contributed by atoms with Gasteiger partial charge in [-0.1, -0.05) is 0 Å². The summed E-state index contributed by atoms with van der Waals surface area (Å²) in [7, 11) is 0. The van der Waals surface area contributed by atoms with Crippen molar-refractivity contribution in [3.63, 3.8) is 0 Å². The highest BCUT2D eigenvalue weighted by Gasteiger charge is 2.55. The van der Waals surface area contributed by atoms with Crippen molar-refractivity contribution in [2.24, 2.45) is 28.9 Å². The normalized spacial score (nSPS) is 36.2. The van der Waals surface area contributed by atoms with Gasteiger partial charge in [-0.2, -0.15) is 0 Å². The number of carbonyl (C=O) groups excluding carboxylic acids is 2. The lowest BCUT2D eigenvalue weighted by Gasteiger charge is -2.55. The molecule has 0 aromatic rings. The molecular formula is C18H29NO5. The summed E-state index contributed by atoms with van der Waals surface area (Å²) in [4.78, 5) is 24.1. The Morgan fingerprint density at radius 3 is 2.21 bits per heavy atom. The van der Waals surface area contributed by atoms with Gasteiger partial charge >= 0.3 is 11.9 Å². The summed E-state index contributed by atoms with van der Waals surface area (Å²) in [5.74, 6) is 1.32. The Balaban J connectivity index is 1.52. The number of rotatable bonds is 7. The van der Waals surface area contributed by atoms with E-state index in [0.29, 0.717) is 24.4 Å². The third-order valence-corrected chi connectivity index (χ3v) is 6.04. The molecule has 0 radical (unpaired) electrons. The molecule has 0 aliphatic heterocycles. The Bertz CT molecular complexity index is 457. The molecule has 0 aromatic heterocycles. The van der Waals surface area contributed by atoms with Crippen molar-refractivity contribution >= 4 is 11.9 Å². The molecule has 4 fully saturated rings. The molecule has 2 atom stereocenters. The van der Waals surface area contributed by atoms with Gasteiger partial charge in [0.25, 0.3) is 0 Å². The van der Waals surface area contributed by atoms with E-state index in [2.05, 4.69) is 0 Å². The molecule has 6 heteroatoms. The predicted molar refractivity (Wildman–Crippen MR) is 86.5 cm³/mol. The molecule has 6 nitrogen and oxygen atoms in total. The number of hydrogen-bond acceptors (Lipinski definition) is 6. The first-order valence-corrected chi connectivity index (χ1v) is 9.22. The SMILES string of the molecule is CCOC(=O)CC[C@H](O)C(N)OC(=O)C12CC3CC(CC(C3)C1)C2. The molecule has 1 unspecified atom stereocenters. The maximum Gasteiger partial charge on any atom is 0.313 e. The van der Waals surface area contributed by atoms with Crippen molar-refractivity contribution in [2.75, 3.05) is 6.61 Å². The lowest BCUT2D eigenvalue weighted by molar-refractivity contribution is -0.182. The predicted octanol–water partition coefficient (Wildman–Crippen LogP) is 1.73. The second-order valence-corrected chi connectivity index (χ2v) is 7.98. The molecular weight excluding hydrogens is 310 g/mol. The van der Waals surface area contributed by atoms with E-state index in [1.54, 1.807) is 6.92 Å². The minimum atomic E-state index is -1.08. The fraction of sp³-hybridized carbons (Fsp3) is 0.889. The van der Waals surface area contributed by atoms with E-state index in [0.717, 1.165) is 19.3 Å². The second-order valence-electron chi connectivity index (χ2n) is 7.98. The van der Waals surface area contributed by atoms with Crippen LogP contribution in [0, 0.1) is 23.2 Å². The van der Waals surface area contributed by atoms with Crippen LogP contribution in [0.4, 0.5) is 0 Å². The summed E-state index contributed by atoms with van der Waals surface area (Å²) >= 11 is 0. The van der Waals surface area contributed by atoms with Gasteiger partial charge in [0.2, 0.25) is 0 Å².